The summed E-state index contributed by atoms with van der Waals surface area (Å²) in [5.41, 5.74) is 6.75. The monoisotopic (exact) mass is 435 g/mol. The van der Waals surface area contributed by atoms with Crippen LogP contribution in [0.3, 0.4) is 0 Å². The molecule has 6 nitrogen and oxygen atoms in total. The Morgan fingerprint density at radius 2 is 2.23 bits per heavy atom. The van der Waals surface area contributed by atoms with Gasteiger partial charge in [-0.05, 0) is 65.8 Å². The van der Waals surface area contributed by atoms with E-state index < -0.39 is 0 Å². The molecule has 0 atom stereocenters. The number of nitrogens with one attached hydrogen (secondary N) is 2. The van der Waals surface area contributed by atoms with Crippen LogP contribution in [-0.4, -0.2) is 34.8 Å². The van der Waals surface area contributed by atoms with Gasteiger partial charge in [-0.15, -0.1) is 6.58 Å². The van der Waals surface area contributed by atoms with E-state index in [0.717, 1.165) is 32.7 Å². The van der Waals surface area contributed by atoms with Crippen molar-refractivity contribution in [1.82, 2.24) is 20.5 Å². The SMILES string of the molecule is C=CCNC(=S)NN=Cc1ccc(OC)c(Cn2nc(C)c(Br)c2C)c1. The smallest absolute Gasteiger partial charge is 0.187 e. The zero-order valence-electron chi connectivity index (χ0n) is 15.0. The first-order valence-electron chi connectivity index (χ1n) is 8.00. The predicted octanol–water partition coefficient (Wildman–Crippen LogP) is 3.30. The van der Waals surface area contributed by atoms with Gasteiger partial charge >= 0.3 is 0 Å². The van der Waals surface area contributed by atoms with E-state index in [1.54, 1.807) is 19.4 Å². The first-order chi connectivity index (χ1) is 12.5. The van der Waals surface area contributed by atoms with Crippen molar-refractivity contribution in [3.63, 3.8) is 0 Å². The molecule has 26 heavy (non-hydrogen) atoms. The van der Waals surface area contributed by atoms with Gasteiger partial charge in [-0.25, -0.2) is 0 Å². The van der Waals surface area contributed by atoms with Crippen molar-refractivity contribution < 1.29 is 4.74 Å². The lowest BCUT2D eigenvalue weighted by atomic mass is 10.1. The van der Waals surface area contributed by atoms with Crippen LogP contribution in [0, 0.1) is 13.8 Å². The summed E-state index contributed by atoms with van der Waals surface area (Å²) >= 11 is 8.66. The van der Waals surface area contributed by atoms with E-state index >= 15 is 0 Å². The Kier molecular flexibility index (Phi) is 7.35. The van der Waals surface area contributed by atoms with E-state index in [0.29, 0.717) is 18.2 Å². The Morgan fingerprint density at radius 1 is 1.46 bits per heavy atom. The fraction of sp³-hybridized carbons (Fsp3) is 0.278. The highest BCUT2D eigenvalue weighted by atomic mass is 79.9. The minimum absolute atomic E-state index is 0.447. The maximum Gasteiger partial charge on any atom is 0.187 e. The molecule has 1 aromatic heterocycles. The van der Waals surface area contributed by atoms with E-state index in [1.165, 1.54) is 0 Å². The standard InChI is InChI=1S/C18H22BrN5OS/c1-5-8-20-18(26)22-21-10-14-6-7-16(25-4)15(9-14)11-24-13(3)17(19)12(2)23-24/h5-7,9-10H,1,8,11H2,2-4H3,(H2,20,22,26). The number of aromatic nitrogens is 2. The summed E-state index contributed by atoms with van der Waals surface area (Å²) in [5.74, 6) is 0.807. The third-order valence-corrected chi connectivity index (χ3v) is 5.09. The van der Waals surface area contributed by atoms with Crippen molar-refractivity contribution in [2.45, 2.75) is 20.4 Å². The molecule has 2 rings (SSSR count). The van der Waals surface area contributed by atoms with Crippen molar-refractivity contribution in [1.29, 1.82) is 0 Å². The number of rotatable bonds is 7. The minimum Gasteiger partial charge on any atom is -0.496 e. The second-order valence-electron chi connectivity index (χ2n) is 5.58. The van der Waals surface area contributed by atoms with Crippen molar-refractivity contribution in [3.05, 3.63) is 57.8 Å². The van der Waals surface area contributed by atoms with Crippen LogP contribution < -0.4 is 15.5 Å². The molecule has 8 heteroatoms. The lowest BCUT2D eigenvalue weighted by Gasteiger charge is -2.11. The Balaban J connectivity index is 2.16. The highest BCUT2D eigenvalue weighted by Crippen LogP contribution is 2.24. The zero-order chi connectivity index (χ0) is 19.1. The molecule has 0 aliphatic carbocycles. The van der Waals surface area contributed by atoms with Gasteiger partial charge in [0.1, 0.15) is 5.75 Å². The molecule has 0 bridgehead atoms. The van der Waals surface area contributed by atoms with Crippen LogP contribution in [-0.2, 0) is 6.54 Å². The lowest BCUT2D eigenvalue weighted by Crippen LogP contribution is -2.31. The molecule has 0 saturated heterocycles. The molecule has 1 aromatic carbocycles. The zero-order valence-corrected chi connectivity index (χ0v) is 17.4. The van der Waals surface area contributed by atoms with Gasteiger partial charge < -0.3 is 10.1 Å². The Hall–Kier alpha value is -2.19. The topological polar surface area (TPSA) is 63.5 Å². The van der Waals surface area contributed by atoms with Crippen molar-refractivity contribution in [2.75, 3.05) is 13.7 Å². The van der Waals surface area contributed by atoms with Crippen LogP contribution in [0.25, 0.3) is 0 Å². The fourth-order valence-electron chi connectivity index (χ4n) is 2.36. The first kappa shape index (κ1) is 20.1. The Labute approximate surface area is 167 Å². The number of nitrogens with zero attached hydrogens (tertiary/aromatic N) is 3. The highest BCUT2D eigenvalue weighted by Gasteiger charge is 2.11. The first-order valence-corrected chi connectivity index (χ1v) is 9.20. The Morgan fingerprint density at radius 3 is 2.85 bits per heavy atom. The number of hydrogen-bond acceptors (Lipinski definition) is 4. The average molecular weight is 436 g/mol. The molecule has 0 saturated carbocycles. The Bertz CT molecular complexity index is 831. The van der Waals surface area contributed by atoms with Crippen molar-refractivity contribution >= 4 is 39.5 Å². The maximum atomic E-state index is 5.48. The third kappa shape index (κ3) is 5.15. The van der Waals surface area contributed by atoms with Crippen LogP contribution in [0.5, 0.6) is 5.75 Å². The molecule has 0 spiro atoms. The molecule has 0 radical (unpaired) electrons. The molecule has 138 valence electrons. The lowest BCUT2D eigenvalue weighted by molar-refractivity contribution is 0.407. The van der Waals surface area contributed by atoms with Gasteiger partial charge in [-0.1, -0.05) is 6.08 Å². The molecule has 2 aromatic rings. The van der Waals surface area contributed by atoms with Crippen molar-refractivity contribution in [3.8, 4) is 5.75 Å². The largest absolute Gasteiger partial charge is 0.496 e. The van der Waals surface area contributed by atoms with Crippen LogP contribution in [0.2, 0.25) is 0 Å². The quantitative estimate of drug-likeness (QED) is 0.302. The van der Waals surface area contributed by atoms with Gasteiger partial charge in [0.25, 0.3) is 0 Å². The molecule has 0 aliphatic heterocycles. The number of thiocarbonyl (C=S) groups is 1. The minimum atomic E-state index is 0.447. The van der Waals surface area contributed by atoms with Gasteiger partial charge in [-0.2, -0.15) is 10.2 Å². The molecule has 0 aliphatic rings. The van der Waals surface area contributed by atoms with Crippen LogP contribution in [0.15, 0.2) is 40.4 Å². The summed E-state index contributed by atoms with van der Waals surface area (Å²) in [5, 5.41) is 12.1. The summed E-state index contributed by atoms with van der Waals surface area (Å²) in [6.45, 7) is 8.83. The molecule has 1 heterocycles. The second-order valence-corrected chi connectivity index (χ2v) is 6.78. The number of ether oxygens (including phenoxy) is 1. The van der Waals surface area contributed by atoms with Crippen molar-refractivity contribution in [2.24, 2.45) is 5.10 Å². The average Bonchev–Trinajstić information content (AvgIpc) is 2.87. The fourth-order valence-corrected chi connectivity index (χ4v) is 2.78. The number of methoxy groups -OCH3 is 1. The summed E-state index contributed by atoms with van der Waals surface area (Å²) in [6.07, 6.45) is 3.44. The highest BCUT2D eigenvalue weighted by molar-refractivity contribution is 9.10. The summed E-state index contributed by atoms with van der Waals surface area (Å²) in [4.78, 5) is 0. The number of benzene rings is 1. The maximum absolute atomic E-state index is 5.48. The van der Waals surface area contributed by atoms with Crippen LogP contribution in [0.4, 0.5) is 0 Å². The second kappa shape index (κ2) is 9.49. The van der Waals surface area contributed by atoms with E-state index in [-0.39, 0.29) is 0 Å². The normalized spacial score (nSPS) is 10.8. The van der Waals surface area contributed by atoms with E-state index in [1.807, 2.05) is 36.7 Å². The molecular formula is C18H22BrN5OS. The van der Waals surface area contributed by atoms with Gasteiger partial charge in [0.2, 0.25) is 0 Å². The molecule has 2 N–H and O–H groups in total. The van der Waals surface area contributed by atoms with Gasteiger partial charge in [0.15, 0.2) is 5.11 Å². The van der Waals surface area contributed by atoms with Crippen LogP contribution >= 0.6 is 28.1 Å². The number of hydrogen-bond donors (Lipinski definition) is 2. The molecule has 0 amide bonds. The van der Waals surface area contributed by atoms with E-state index in [2.05, 4.69) is 43.5 Å². The molecular weight excluding hydrogens is 414 g/mol. The van der Waals surface area contributed by atoms with Gasteiger partial charge in [0, 0.05) is 12.1 Å². The van der Waals surface area contributed by atoms with Gasteiger partial charge in [-0.3, -0.25) is 10.1 Å². The predicted molar refractivity (Wildman–Crippen MR) is 113 cm³/mol. The molecule has 0 unspecified atom stereocenters. The number of halogens is 1. The van der Waals surface area contributed by atoms with E-state index in [4.69, 9.17) is 17.0 Å². The summed E-state index contributed by atoms with van der Waals surface area (Å²) in [7, 11) is 1.66. The summed E-state index contributed by atoms with van der Waals surface area (Å²) in [6, 6.07) is 5.88. The number of aryl methyl sites for hydroxylation is 1. The van der Waals surface area contributed by atoms with E-state index in [9.17, 15) is 0 Å². The van der Waals surface area contributed by atoms with Gasteiger partial charge in [0.05, 0.1) is 35.7 Å². The summed E-state index contributed by atoms with van der Waals surface area (Å²) < 4.78 is 8.46. The molecule has 0 fully saturated rings. The van der Waals surface area contributed by atoms with Crippen LogP contribution in [0.1, 0.15) is 22.5 Å². The number of hydrazone groups is 1. The third-order valence-electron chi connectivity index (χ3n) is 3.70.